The first-order valence-electron chi connectivity index (χ1n) is 49.6. The number of likely N-dealkylation sites (tertiary alicyclic amines) is 4. The van der Waals surface area contributed by atoms with E-state index in [-0.39, 0.29) is 97.3 Å². The highest BCUT2D eigenvalue weighted by molar-refractivity contribution is 6.30. The summed E-state index contributed by atoms with van der Waals surface area (Å²) in [5.74, 6) is -7.87. The van der Waals surface area contributed by atoms with Crippen molar-refractivity contribution in [2.75, 3.05) is 59.3 Å². The number of benzene rings is 3. The van der Waals surface area contributed by atoms with Crippen LogP contribution in [-0.4, -0.2) is 208 Å². The summed E-state index contributed by atoms with van der Waals surface area (Å²) < 4.78 is 48.5. The summed E-state index contributed by atoms with van der Waals surface area (Å²) in [7, 11) is 13.3. The summed E-state index contributed by atoms with van der Waals surface area (Å²) in [6.07, 6.45) is 15.8. The summed E-state index contributed by atoms with van der Waals surface area (Å²) in [6.45, 7) is 14.1. The SMILES string of the molecule is CC(C)c1cc(C[C@H]2C(=O)N(C(=O)C[C@@H](C3CCCCC3)C(F)(F)F)[C@@H]2C(=O)N(C)c2ccnn2C)ccn1.CC[C@@H](CC(=O)N1C(=O)[C@H](Cc2ccnc(C(C)C)c2)[C@H]1C(=O)N(C)c1cnn(C)c1)c1ccccc1.CC[C@@H](CC(=O)N1C(=O)[C@H](Cc2ccnc(N)c2)[C@H]1C(=O)N(C)c1ccn(C)n1)c1ccccc1.CC[C@@H](NC(=O)N1C(=O)[C@H](Cc2ccnc(N)c2)[C@H]1C(=O)N(C)c1ccnn1C)c1cccc(Cl)c1. The maximum Gasteiger partial charge on any atom is 0.392 e. The number of carbonyl (C=O) groups excluding carboxylic acids is 12. The number of nitrogens with one attached hydrogen (secondary N) is 1. The average molecular weight is 2030 g/mol. The van der Waals surface area contributed by atoms with Crippen LogP contribution >= 0.6 is 11.6 Å². The molecule has 3 aromatic carbocycles. The van der Waals surface area contributed by atoms with Crippen LogP contribution in [0.25, 0.3) is 0 Å². The quantitative estimate of drug-likeness (QED) is 0.0330. The number of aromatic nitrogens is 12. The molecule has 4 saturated heterocycles. The summed E-state index contributed by atoms with van der Waals surface area (Å²) in [6, 6.07) is 41.1. The number of hydrogen-bond donors (Lipinski definition) is 3. The Morgan fingerprint density at radius 3 is 1.22 bits per heavy atom. The van der Waals surface area contributed by atoms with Crippen LogP contribution in [0.3, 0.4) is 0 Å². The number of alkyl halides is 3. The minimum Gasteiger partial charge on any atom is -0.384 e. The number of aryl methyl sites for hydroxylation is 4. The number of imide groups is 4. The number of pyridine rings is 4. The molecular formula is C108H129ClF3N23O12. The van der Waals surface area contributed by atoms with Gasteiger partial charge < -0.3 is 21.7 Å². The lowest BCUT2D eigenvalue weighted by molar-refractivity contribution is -0.199. The van der Waals surface area contributed by atoms with E-state index in [9.17, 15) is 70.7 Å². The zero-order valence-electron chi connectivity index (χ0n) is 85.4. The number of anilines is 6. The highest BCUT2D eigenvalue weighted by atomic mass is 35.5. The summed E-state index contributed by atoms with van der Waals surface area (Å²) >= 11 is 6.13. The third kappa shape index (κ3) is 25.4. The first kappa shape index (κ1) is 109. The molecule has 39 heteroatoms. The van der Waals surface area contributed by atoms with Crippen LogP contribution in [0.2, 0.25) is 5.02 Å². The lowest BCUT2D eigenvalue weighted by Crippen LogP contribution is -2.70. The molecule has 8 aromatic heterocycles. The van der Waals surface area contributed by atoms with Gasteiger partial charge in [0.25, 0.3) is 23.6 Å². The monoisotopic (exact) mass is 2030 g/mol. The largest absolute Gasteiger partial charge is 0.392 e. The fourth-order valence-corrected chi connectivity index (χ4v) is 20.1. The van der Waals surface area contributed by atoms with E-state index in [0.29, 0.717) is 78.3 Å². The molecule has 35 nitrogen and oxygen atoms in total. The van der Waals surface area contributed by atoms with Gasteiger partial charge >= 0.3 is 12.2 Å². The number of rotatable bonds is 32. The van der Waals surface area contributed by atoms with Gasteiger partial charge in [-0.25, -0.2) is 14.8 Å². The van der Waals surface area contributed by atoms with Crippen molar-refractivity contribution in [3.8, 4) is 0 Å². The zero-order valence-corrected chi connectivity index (χ0v) is 86.2. The van der Waals surface area contributed by atoms with Crippen molar-refractivity contribution in [2.24, 2.45) is 63.7 Å². The van der Waals surface area contributed by atoms with Crippen LogP contribution in [-0.2, 0) is 107 Å². The van der Waals surface area contributed by atoms with Crippen LogP contribution in [0, 0.1) is 35.5 Å². The Bertz CT molecular complexity index is 6540. The topological polar surface area (TPSA) is 418 Å². The lowest BCUT2D eigenvalue weighted by Gasteiger charge is -2.46. The Balaban J connectivity index is 0.000000164. The Morgan fingerprint density at radius 2 is 0.850 bits per heavy atom. The maximum absolute atomic E-state index is 14.1. The van der Waals surface area contributed by atoms with E-state index in [4.69, 9.17) is 23.1 Å². The summed E-state index contributed by atoms with van der Waals surface area (Å²) in [4.78, 5) is 188. The molecule has 4 aliphatic heterocycles. The number of hydrogen-bond acceptors (Lipinski definition) is 22. The second kappa shape index (κ2) is 48.4. The second-order valence-electron chi connectivity index (χ2n) is 38.8. The number of amides is 13. The molecule has 5 N–H and O–H groups in total. The van der Waals surface area contributed by atoms with Gasteiger partial charge in [-0.1, -0.05) is 152 Å². The van der Waals surface area contributed by atoms with Crippen molar-refractivity contribution < 1.29 is 70.7 Å². The molecule has 5 aliphatic rings. The van der Waals surface area contributed by atoms with Gasteiger partial charge in [0, 0.05) is 147 Å². The smallest absolute Gasteiger partial charge is 0.384 e. The van der Waals surface area contributed by atoms with Crippen LogP contribution in [0.4, 0.5) is 52.7 Å². The fourth-order valence-electron chi connectivity index (χ4n) is 19.9. The molecular weight excluding hydrogens is 1900 g/mol. The summed E-state index contributed by atoms with van der Waals surface area (Å²) in [5.41, 5.74) is 20.1. The number of nitrogen functional groups attached to an aromatic ring is 2. The molecule has 16 rings (SSSR count). The minimum absolute atomic E-state index is 0.0267. The number of urea groups is 1. The van der Waals surface area contributed by atoms with Crippen molar-refractivity contribution in [1.82, 2.24) is 84.0 Å². The first-order chi connectivity index (χ1) is 70.1. The minimum atomic E-state index is -4.57. The summed E-state index contributed by atoms with van der Waals surface area (Å²) in [5, 5.41) is 20.1. The van der Waals surface area contributed by atoms with Crippen molar-refractivity contribution in [2.45, 2.75) is 205 Å². The maximum atomic E-state index is 14.1. The molecule has 0 radical (unpaired) electrons. The second-order valence-corrected chi connectivity index (χ2v) is 39.2. The molecule has 12 atom stereocenters. The molecule has 12 heterocycles. The lowest BCUT2D eigenvalue weighted by atomic mass is 9.76. The van der Waals surface area contributed by atoms with Crippen molar-refractivity contribution in [3.05, 3.63) is 263 Å². The predicted octanol–water partition coefficient (Wildman–Crippen LogP) is 14.2. The highest BCUT2D eigenvalue weighted by Crippen LogP contribution is 2.46. The van der Waals surface area contributed by atoms with E-state index in [1.54, 1.807) is 180 Å². The fraction of sp³-hybridized carbons (Fsp3) is 0.426. The molecule has 147 heavy (non-hydrogen) atoms. The van der Waals surface area contributed by atoms with Crippen LogP contribution in [0.5, 0.6) is 0 Å². The molecule has 1 aliphatic carbocycles. The number of halogens is 4. The van der Waals surface area contributed by atoms with Crippen molar-refractivity contribution >= 4 is 117 Å². The standard InChI is InChI=1S/C29H35N5O3.C28H36F3N5O3.C26H30N6O3.C25H28ClN7O3/c1-6-21(22-10-8-7-9-11-22)16-26(35)34-27(29(37)33(5)23-17-31-32(4)18-23)24(28(34)36)14-20-12-13-30-25(15-20)19(2)3;1-17(2)22-15-18(10-12-32-22)14-20-25(27(39)34(3)23-11-13-33-35(23)4)36(26(20)38)24(37)16-21(28(29,30)31)19-8-6-5-7-9-19;1-4-18(19-8-6-5-7-9-19)16-23(33)32-24(26(35)31(3)22-11-13-30(2)29-22)20(25(32)34)14-17-10-12-28-21(27)15-17;1-4-19(16-6-5-7-17(26)14-16)30-25(36)33-22(24(35)31(2)21-9-11-29-32(21)3)18(23(33)34)12-15-8-10-28-20(27)13-15/h7-13,15,17-19,21,24,27H,6,14,16H2,1-5H3;10-13,15,17,19-21,25H,5-9,14,16H2,1-4H3;5-13,15,18,20,24H,4,14,16H2,1-3H3,(H2,27,28);5-11,13-14,18-19,22H,4,12H2,1-3H3,(H2,27,28)(H,30,36)/t21-,24+,27-;20-,21+,25+;18-,20+,24-;18-,19-,22+/m0101/s1. The van der Waals surface area contributed by atoms with Crippen molar-refractivity contribution in [1.29, 1.82) is 0 Å². The Labute approximate surface area is 858 Å². The molecule has 5 fully saturated rings. The van der Waals surface area contributed by atoms with E-state index in [2.05, 4.69) is 59.5 Å². The van der Waals surface area contributed by atoms with Crippen LogP contribution < -0.4 is 36.4 Å². The Hall–Kier alpha value is -15.0. The van der Waals surface area contributed by atoms with Gasteiger partial charge in [-0.3, -0.25) is 116 Å². The Morgan fingerprint density at radius 1 is 0.449 bits per heavy atom. The molecule has 0 unspecified atom stereocenters. The number of nitrogens with two attached hydrogens (primary N) is 2. The van der Waals surface area contributed by atoms with Gasteiger partial charge in [0.05, 0.1) is 59.9 Å². The molecule has 1 saturated carbocycles. The van der Waals surface area contributed by atoms with E-state index >= 15 is 0 Å². The van der Waals surface area contributed by atoms with Gasteiger partial charge in [-0.05, 0) is 187 Å². The number of β-lactam (4-membered cyclic amide) rings is 4. The molecule has 0 bridgehead atoms. The first-order valence-corrected chi connectivity index (χ1v) is 50.0. The van der Waals surface area contributed by atoms with Gasteiger partial charge in [0.15, 0.2) is 5.82 Å². The van der Waals surface area contributed by atoms with Crippen LogP contribution in [0.15, 0.2) is 207 Å². The van der Waals surface area contributed by atoms with Gasteiger partial charge in [0.1, 0.15) is 47.4 Å². The van der Waals surface area contributed by atoms with E-state index in [0.717, 1.165) is 84.3 Å². The highest BCUT2D eigenvalue weighted by Gasteiger charge is 2.60. The average Bonchev–Trinajstić information content (AvgIpc) is 1.48. The van der Waals surface area contributed by atoms with E-state index in [1.807, 2.05) is 120 Å². The zero-order chi connectivity index (χ0) is 106. The van der Waals surface area contributed by atoms with E-state index in [1.165, 1.54) is 42.4 Å². The third-order valence-electron chi connectivity index (χ3n) is 28.4. The van der Waals surface area contributed by atoms with Crippen molar-refractivity contribution in [3.63, 3.8) is 0 Å². The van der Waals surface area contributed by atoms with Crippen LogP contribution in [0.1, 0.15) is 199 Å². The Kier molecular flexibility index (Phi) is 35.9. The molecule has 11 aromatic rings. The predicted molar refractivity (Wildman–Crippen MR) is 549 cm³/mol. The van der Waals surface area contributed by atoms with Gasteiger partial charge in [-0.15, -0.1) is 0 Å². The molecule has 0 spiro atoms. The van der Waals surface area contributed by atoms with Gasteiger partial charge in [-0.2, -0.15) is 33.6 Å². The number of nitrogens with zero attached hydrogens (tertiary/aromatic N) is 20. The van der Waals surface area contributed by atoms with E-state index < -0.39 is 108 Å². The van der Waals surface area contributed by atoms with Gasteiger partial charge in [0.2, 0.25) is 41.4 Å². The number of likely N-dealkylation sites (N-methyl/N-ethyl adjacent to an activating group) is 4. The molecule has 13 amide bonds. The number of carbonyl (C=O) groups is 12. The normalized spacial score (nSPS) is 18.8. The molecule has 776 valence electrons. The third-order valence-corrected chi connectivity index (χ3v) is 28.6.